The summed E-state index contributed by atoms with van der Waals surface area (Å²) < 4.78 is 6.28. The average molecular weight is 274 g/mol. The normalized spacial score (nSPS) is 10.2. The first-order chi connectivity index (χ1) is 9.56. The van der Waals surface area contributed by atoms with Crippen molar-refractivity contribution in [3.8, 4) is 17.0 Å². The number of primary amides is 1. The van der Waals surface area contributed by atoms with Crippen LogP contribution in [-0.2, 0) is 11.3 Å². The van der Waals surface area contributed by atoms with E-state index in [9.17, 15) is 9.59 Å². The summed E-state index contributed by atoms with van der Waals surface area (Å²) in [7, 11) is 1.56. The van der Waals surface area contributed by atoms with Gasteiger partial charge >= 0.3 is 0 Å². The van der Waals surface area contributed by atoms with E-state index < -0.39 is 5.91 Å². The average Bonchev–Trinajstić information content (AvgIpc) is 2.75. The van der Waals surface area contributed by atoms with Crippen molar-refractivity contribution in [1.82, 2.24) is 9.78 Å². The zero-order chi connectivity index (χ0) is 14.7. The second-order valence-corrected chi connectivity index (χ2v) is 4.12. The number of hydrogen-bond acceptors (Lipinski definition) is 5. The van der Waals surface area contributed by atoms with Crippen molar-refractivity contribution >= 4 is 18.0 Å². The van der Waals surface area contributed by atoms with Crippen molar-refractivity contribution < 1.29 is 14.3 Å². The number of aldehydes is 1. The fourth-order valence-corrected chi connectivity index (χ4v) is 1.84. The zero-order valence-corrected chi connectivity index (χ0v) is 10.9. The lowest BCUT2D eigenvalue weighted by Crippen LogP contribution is -2.20. The maximum atomic E-state index is 11.2. The van der Waals surface area contributed by atoms with Gasteiger partial charge in [-0.3, -0.25) is 9.59 Å². The molecule has 104 valence electrons. The highest BCUT2D eigenvalue weighted by atomic mass is 16.5. The highest BCUT2D eigenvalue weighted by Gasteiger charge is 2.17. The van der Waals surface area contributed by atoms with E-state index in [0.29, 0.717) is 23.3 Å². The molecule has 0 saturated carbocycles. The Labute approximate surface area is 115 Å². The van der Waals surface area contributed by atoms with E-state index in [1.165, 1.54) is 4.68 Å². The Morgan fingerprint density at radius 1 is 1.40 bits per heavy atom. The van der Waals surface area contributed by atoms with Crippen LogP contribution in [0, 0.1) is 0 Å². The Bertz CT molecular complexity index is 646. The predicted octanol–water partition coefficient (Wildman–Crippen LogP) is 0.439. The predicted molar refractivity (Wildman–Crippen MR) is 73.2 cm³/mol. The van der Waals surface area contributed by atoms with Gasteiger partial charge in [0.15, 0.2) is 6.29 Å². The van der Waals surface area contributed by atoms with Crippen LogP contribution in [-0.4, -0.2) is 29.1 Å². The number of methoxy groups -OCH3 is 1. The lowest BCUT2D eigenvalue weighted by molar-refractivity contribution is -0.118. The number of anilines is 1. The van der Waals surface area contributed by atoms with Crippen LogP contribution in [0.25, 0.3) is 11.3 Å². The van der Waals surface area contributed by atoms with Gasteiger partial charge in [-0.25, -0.2) is 4.68 Å². The summed E-state index contributed by atoms with van der Waals surface area (Å²) in [5.41, 5.74) is 12.2. The molecule has 1 aromatic heterocycles. The number of hydrogen-bond donors (Lipinski definition) is 2. The van der Waals surface area contributed by atoms with Crippen LogP contribution in [0.1, 0.15) is 10.4 Å². The molecule has 0 aliphatic heterocycles. The minimum Gasteiger partial charge on any atom is -0.497 e. The van der Waals surface area contributed by atoms with E-state index in [0.717, 1.165) is 0 Å². The maximum Gasteiger partial charge on any atom is 0.239 e. The molecule has 2 rings (SSSR count). The molecule has 7 nitrogen and oxygen atoms in total. The molecule has 4 N–H and O–H groups in total. The fraction of sp³-hybridized carbons (Fsp3) is 0.154. The molecule has 0 fully saturated rings. The third-order valence-corrected chi connectivity index (χ3v) is 2.82. The van der Waals surface area contributed by atoms with Gasteiger partial charge in [0.25, 0.3) is 0 Å². The second-order valence-electron chi connectivity index (χ2n) is 4.12. The molecule has 0 radical (unpaired) electrons. The van der Waals surface area contributed by atoms with Crippen molar-refractivity contribution in [3.05, 3.63) is 29.8 Å². The molecular formula is C13H14N4O3. The summed E-state index contributed by atoms with van der Waals surface area (Å²) in [6.45, 7) is -0.178. The fourth-order valence-electron chi connectivity index (χ4n) is 1.84. The molecule has 0 bridgehead atoms. The SMILES string of the molecule is COc1ccc(-c2nn(CC(N)=O)c(N)c2C=O)cc1. The van der Waals surface area contributed by atoms with Crippen LogP contribution >= 0.6 is 0 Å². The lowest BCUT2D eigenvalue weighted by Gasteiger charge is -2.01. The summed E-state index contributed by atoms with van der Waals surface area (Å²) in [5, 5.41) is 4.17. The van der Waals surface area contributed by atoms with Crippen LogP contribution < -0.4 is 16.2 Å². The number of rotatable bonds is 5. The topological polar surface area (TPSA) is 113 Å². The van der Waals surface area contributed by atoms with Crippen LogP contribution in [0.3, 0.4) is 0 Å². The first-order valence-electron chi connectivity index (χ1n) is 5.81. The van der Waals surface area contributed by atoms with Gasteiger partial charge in [0.05, 0.1) is 12.7 Å². The van der Waals surface area contributed by atoms with Crippen molar-refractivity contribution in [2.24, 2.45) is 5.73 Å². The Kier molecular flexibility index (Phi) is 3.69. The Morgan fingerprint density at radius 2 is 2.05 bits per heavy atom. The Morgan fingerprint density at radius 3 is 2.55 bits per heavy atom. The first kappa shape index (κ1) is 13.6. The molecule has 0 aliphatic carbocycles. The number of aromatic nitrogens is 2. The molecule has 1 aromatic carbocycles. The highest BCUT2D eigenvalue weighted by molar-refractivity contribution is 5.92. The minimum atomic E-state index is -0.585. The highest BCUT2D eigenvalue weighted by Crippen LogP contribution is 2.27. The van der Waals surface area contributed by atoms with Crippen molar-refractivity contribution in [2.75, 3.05) is 12.8 Å². The smallest absolute Gasteiger partial charge is 0.239 e. The third kappa shape index (κ3) is 2.46. The largest absolute Gasteiger partial charge is 0.497 e. The monoisotopic (exact) mass is 274 g/mol. The van der Waals surface area contributed by atoms with Crippen molar-refractivity contribution in [2.45, 2.75) is 6.54 Å². The second kappa shape index (κ2) is 5.43. The van der Waals surface area contributed by atoms with Gasteiger partial charge in [0.1, 0.15) is 23.8 Å². The van der Waals surface area contributed by atoms with Crippen LogP contribution in [0.15, 0.2) is 24.3 Å². The molecule has 2 aromatic rings. The molecule has 0 aliphatic rings. The summed E-state index contributed by atoms with van der Waals surface area (Å²) in [6.07, 6.45) is 0.611. The number of ether oxygens (including phenoxy) is 1. The number of benzene rings is 1. The Balaban J connectivity index is 2.49. The van der Waals surface area contributed by atoms with E-state index in [1.807, 2.05) is 0 Å². The quantitative estimate of drug-likeness (QED) is 0.768. The Hall–Kier alpha value is -2.83. The van der Waals surface area contributed by atoms with E-state index in [1.54, 1.807) is 31.4 Å². The molecule has 0 atom stereocenters. The molecule has 0 spiro atoms. The number of nitrogen functional groups attached to an aromatic ring is 1. The standard InChI is InChI=1S/C13H14N4O3/c1-20-9-4-2-8(3-5-9)12-10(7-18)13(15)17(16-12)6-11(14)19/h2-5,7H,6,15H2,1H3,(H2,14,19). The van der Waals surface area contributed by atoms with Crippen LogP contribution in [0.5, 0.6) is 5.75 Å². The van der Waals surface area contributed by atoms with Gasteiger partial charge in [-0.15, -0.1) is 0 Å². The van der Waals surface area contributed by atoms with Gasteiger partial charge in [0, 0.05) is 5.56 Å². The molecule has 0 unspecified atom stereocenters. The van der Waals surface area contributed by atoms with Gasteiger partial charge in [-0.2, -0.15) is 5.10 Å². The lowest BCUT2D eigenvalue weighted by atomic mass is 10.1. The number of nitrogens with two attached hydrogens (primary N) is 2. The van der Waals surface area contributed by atoms with E-state index in [2.05, 4.69) is 5.10 Å². The van der Waals surface area contributed by atoms with Crippen LogP contribution in [0.2, 0.25) is 0 Å². The van der Waals surface area contributed by atoms with Crippen molar-refractivity contribution in [1.29, 1.82) is 0 Å². The molecular weight excluding hydrogens is 260 g/mol. The van der Waals surface area contributed by atoms with E-state index >= 15 is 0 Å². The summed E-state index contributed by atoms with van der Waals surface area (Å²) in [6, 6.07) is 6.99. The maximum absolute atomic E-state index is 11.2. The van der Waals surface area contributed by atoms with Gasteiger partial charge < -0.3 is 16.2 Å². The molecule has 20 heavy (non-hydrogen) atoms. The molecule has 0 saturated heterocycles. The van der Waals surface area contributed by atoms with Gasteiger partial charge in [-0.1, -0.05) is 0 Å². The van der Waals surface area contributed by atoms with Gasteiger partial charge in [0.2, 0.25) is 5.91 Å². The summed E-state index contributed by atoms with van der Waals surface area (Å²) in [5.74, 6) is 0.216. The van der Waals surface area contributed by atoms with Gasteiger partial charge in [-0.05, 0) is 24.3 Å². The van der Waals surface area contributed by atoms with E-state index in [-0.39, 0.29) is 17.9 Å². The summed E-state index contributed by atoms with van der Waals surface area (Å²) >= 11 is 0. The summed E-state index contributed by atoms with van der Waals surface area (Å²) in [4.78, 5) is 22.1. The molecule has 7 heteroatoms. The zero-order valence-electron chi connectivity index (χ0n) is 10.9. The third-order valence-electron chi connectivity index (χ3n) is 2.82. The molecule has 1 amide bonds. The first-order valence-corrected chi connectivity index (χ1v) is 5.81. The number of amides is 1. The van der Waals surface area contributed by atoms with Crippen LogP contribution in [0.4, 0.5) is 5.82 Å². The molecule has 1 heterocycles. The number of carbonyl (C=O) groups is 2. The van der Waals surface area contributed by atoms with Crippen molar-refractivity contribution in [3.63, 3.8) is 0 Å². The van der Waals surface area contributed by atoms with E-state index in [4.69, 9.17) is 16.2 Å². The number of nitrogens with zero attached hydrogens (tertiary/aromatic N) is 2. The minimum absolute atomic E-state index is 0.115. The number of carbonyl (C=O) groups excluding carboxylic acids is 2.